The van der Waals surface area contributed by atoms with Crippen LogP contribution in [0.3, 0.4) is 0 Å². The van der Waals surface area contributed by atoms with Gasteiger partial charge >= 0.3 is 0 Å². The molecule has 0 heterocycles. The van der Waals surface area contributed by atoms with Crippen molar-refractivity contribution in [2.45, 2.75) is 33.3 Å². The lowest BCUT2D eigenvalue weighted by Crippen LogP contribution is -2.20. The van der Waals surface area contributed by atoms with E-state index in [1.54, 1.807) is 13.3 Å². The summed E-state index contributed by atoms with van der Waals surface area (Å²) in [6.45, 7) is 4.34. The first kappa shape index (κ1) is 24.5. The molecule has 0 bridgehead atoms. The quantitative estimate of drug-likeness (QED) is 0.338. The van der Waals surface area contributed by atoms with Crippen molar-refractivity contribution in [2.24, 2.45) is 5.10 Å². The van der Waals surface area contributed by atoms with Gasteiger partial charge < -0.3 is 14.8 Å². The maximum absolute atomic E-state index is 12.1. The highest BCUT2D eigenvalue weighted by Crippen LogP contribution is 2.17. The molecule has 0 aliphatic carbocycles. The first-order valence-corrected chi connectivity index (χ1v) is 11.0. The van der Waals surface area contributed by atoms with Crippen LogP contribution in [0.5, 0.6) is 11.5 Å². The summed E-state index contributed by atoms with van der Waals surface area (Å²) in [4.78, 5) is 24.1. The van der Waals surface area contributed by atoms with Crippen molar-refractivity contribution in [1.82, 2.24) is 5.43 Å². The second-order valence-electron chi connectivity index (χ2n) is 7.87. The van der Waals surface area contributed by atoms with Crippen LogP contribution in [0.2, 0.25) is 0 Å². The number of aryl methyl sites for hydroxylation is 2. The van der Waals surface area contributed by atoms with E-state index < -0.39 is 0 Å². The molecule has 3 rings (SSSR count). The molecule has 0 atom stereocenters. The van der Waals surface area contributed by atoms with Gasteiger partial charge in [0.1, 0.15) is 18.1 Å². The van der Waals surface area contributed by atoms with Crippen molar-refractivity contribution in [3.63, 3.8) is 0 Å². The molecule has 0 fully saturated rings. The Labute approximate surface area is 199 Å². The molecule has 2 amide bonds. The number of carbonyl (C=O) groups is 2. The Hall–Kier alpha value is -4.13. The molecule has 0 unspecified atom stereocenters. The zero-order chi connectivity index (χ0) is 24.3. The molecule has 7 heteroatoms. The number of ether oxygens (including phenoxy) is 2. The summed E-state index contributed by atoms with van der Waals surface area (Å²) in [5.74, 6) is 0.997. The standard InChI is InChI=1S/C27H29N3O4/c1-19-4-5-20(2)25(16-19)29-26(31)14-15-27(32)30-28-17-21-6-12-24(13-7-21)34-18-22-8-10-23(33-3)11-9-22/h4-13,16-17H,14-15,18H2,1-3H3,(H,29,31)(H,30,32). The smallest absolute Gasteiger partial charge is 0.240 e. The Morgan fingerprint density at radius 3 is 2.26 bits per heavy atom. The number of nitrogens with one attached hydrogen (secondary N) is 2. The second-order valence-corrected chi connectivity index (χ2v) is 7.87. The summed E-state index contributed by atoms with van der Waals surface area (Å²) >= 11 is 0. The van der Waals surface area contributed by atoms with Crippen LogP contribution in [0.25, 0.3) is 0 Å². The summed E-state index contributed by atoms with van der Waals surface area (Å²) in [7, 11) is 1.63. The number of amides is 2. The molecule has 0 aliphatic rings. The SMILES string of the molecule is COc1ccc(COc2ccc(C=NNC(=O)CCC(=O)Nc3cc(C)ccc3C)cc2)cc1. The third kappa shape index (κ3) is 7.78. The van der Waals surface area contributed by atoms with E-state index in [-0.39, 0.29) is 24.7 Å². The molecule has 0 saturated heterocycles. The van der Waals surface area contributed by atoms with Gasteiger partial charge in [0.05, 0.1) is 13.3 Å². The minimum absolute atomic E-state index is 0.0478. The molecular formula is C27H29N3O4. The molecule has 0 aromatic heterocycles. The van der Waals surface area contributed by atoms with E-state index >= 15 is 0 Å². The highest BCUT2D eigenvalue weighted by Gasteiger charge is 2.08. The highest BCUT2D eigenvalue weighted by molar-refractivity contribution is 5.94. The van der Waals surface area contributed by atoms with Crippen LogP contribution in [-0.2, 0) is 16.2 Å². The van der Waals surface area contributed by atoms with Crippen LogP contribution in [0.1, 0.15) is 35.1 Å². The Balaban J connectivity index is 1.39. The molecule has 2 N–H and O–H groups in total. The van der Waals surface area contributed by atoms with E-state index in [2.05, 4.69) is 15.8 Å². The molecule has 3 aromatic carbocycles. The van der Waals surface area contributed by atoms with Crippen LogP contribution >= 0.6 is 0 Å². The first-order chi connectivity index (χ1) is 16.4. The highest BCUT2D eigenvalue weighted by atomic mass is 16.5. The van der Waals surface area contributed by atoms with Gasteiger partial charge in [0.15, 0.2) is 0 Å². The molecule has 176 valence electrons. The van der Waals surface area contributed by atoms with Crippen molar-refractivity contribution < 1.29 is 19.1 Å². The number of carbonyl (C=O) groups excluding carboxylic acids is 2. The van der Waals surface area contributed by atoms with Crippen LogP contribution < -0.4 is 20.2 Å². The lowest BCUT2D eigenvalue weighted by molar-refractivity contribution is -0.124. The fourth-order valence-electron chi connectivity index (χ4n) is 3.08. The predicted molar refractivity (Wildman–Crippen MR) is 133 cm³/mol. The van der Waals surface area contributed by atoms with Gasteiger partial charge in [0.25, 0.3) is 0 Å². The lowest BCUT2D eigenvalue weighted by Gasteiger charge is -2.09. The maximum atomic E-state index is 12.1. The van der Waals surface area contributed by atoms with Gasteiger partial charge in [0.2, 0.25) is 11.8 Å². The number of benzene rings is 3. The second kappa shape index (κ2) is 12.2. The molecule has 3 aromatic rings. The first-order valence-electron chi connectivity index (χ1n) is 11.0. The Kier molecular flexibility index (Phi) is 8.80. The average Bonchev–Trinajstić information content (AvgIpc) is 2.85. The van der Waals surface area contributed by atoms with E-state index in [4.69, 9.17) is 9.47 Å². The van der Waals surface area contributed by atoms with Crippen molar-refractivity contribution in [1.29, 1.82) is 0 Å². The number of hydrogen-bond acceptors (Lipinski definition) is 5. The van der Waals surface area contributed by atoms with Gasteiger partial charge in [-0.1, -0.05) is 24.3 Å². The molecule has 0 saturated carbocycles. The number of nitrogens with zero attached hydrogens (tertiary/aromatic N) is 1. The third-order valence-corrected chi connectivity index (χ3v) is 5.09. The number of hydrogen-bond donors (Lipinski definition) is 2. The molecule has 0 spiro atoms. The summed E-state index contributed by atoms with van der Waals surface area (Å²) in [5.41, 5.74) is 7.10. The summed E-state index contributed by atoms with van der Waals surface area (Å²) in [6, 6.07) is 20.9. The van der Waals surface area contributed by atoms with Gasteiger partial charge in [0, 0.05) is 18.5 Å². The fraction of sp³-hybridized carbons (Fsp3) is 0.222. The minimum Gasteiger partial charge on any atom is -0.497 e. The maximum Gasteiger partial charge on any atom is 0.240 e. The molecule has 0 radical (unpaired) electrons. The van der Waals surface area contributed by atoms with E-state index in [9.17, 15) is 9.59 Å². The Bertz CT molecular complexity index is 1140. The number of rotatable bonds is 10. The van der Waals surface area contributed by atoms with Crippen LogP contribution in [0.4, 0.5) is 5.69 Å². The van der Waals surface area contributed by atoms with E-state index in [0.717, 1.165) is 39.4 Å². The third-order valence-electron chi connectivity index (χ3n) is 5.09. The average molecular weight is 460 g/mol. The molecule has 7 nitrogen and oxygen atoms in total. The zero-order valence-electron chi connectivity index (χ0n) is 19.6. The van der Waals surface area contributed by atoms with E-state index in [1.165, 1.54) is 0 Å². The fourth-order valence-corrected chi connectivity index (χ4v) is 3.08. The summed E-state index contributed by atoms with van der Waals surface area (Å²) < 4.78 is 10.9. The normalized spacial score (nSPS) is 10.7. The largest absolute Gasteiger partial charge is 0.497 e. The predicted octanol–water partition coefficient (Wildman–Crippen LogP) is 4.76. The minimum atomic E-state index is -0.327. The van der Waals surface area contributed by atoms with Crippen molar-refractivity contribution in [3.8, 4) is 11.5 Å². The monoisotopic (exact) mass is 459 g/mol. The van der Waals surface area contributed by atoms with Gasteiger partial charge in [-0.15, -0.1) is 0 Å². The lowest BCUT2D eigenvalue weighted by atomic mass is 10.1. The number of methoxy groups -OCH3 is 1. The van der Waals surface area contributed by atoms with E-state index in [0.29, 0.717) is 6.61 Å². The zero-order valence-corrected chi connectivity index (χ0v) is 19.6. The van der Waals surface area contributed by atoms with Crippen LogP contribution in [-0.4, -0.2) is 25.1 Å². The Morgan fingerprint density at radius 1 is 0.882 bits per heavy atom. The number of anilines is 1. The van der Waals surface area contributed by atoms with Crippen LogP contribution in [0, 0.1) is 13.8 Å². The van der Waals surface area contributed by atoms with Crippen LogP contribution in [0.15, 0.2) is 71.8 Å². The molecule has 34 heavy (non-hydrogen) atoms. The Morgan fingerprint density at radius 2 is 1.56 bits per heavy atom. The van der Waals surface area contributed by atoms with E-state index in [1.807, 2.05) is 80.6 Å². The van der Waals surface area contributed by atoms with Gasteiger partial charge in [-0.2, -0.15) is 5.10 Å². The molecular weight excluding hydrogens is 430 g/mol. The summed E-state index contributed by atoms with van der Waals surface area (Å²) in [5, 5.41) is 6.80. The van der Waals surface area contributed by atoms with Crippen molar-refractivity contribution in [3.05, 3.63) is 89.0 Å². The van der Waals surface area contributed by atoms with Gasteiger partial charge in [-0.25, -0.2) is 5.43 Å². The topological polar surface area (TPSA) is 89.0 Å². The van der Waals surface area contributed by atoms with Gasteiger partial charge in [-0.05, 0) is 78.6 Å². The molecule has 0 aliphatic heterocycles. The summed E-state index contributed by atoms with van der Waals surface area (Å²) in [6.07, 6.45) is 1.67. The van der Waals surface area contributed by atoms with Crippen molar-refractivity contribution >= 4 is 23.7 Å². The van der Waals surface area contributed by atoms with Crippen molar-refractivity contribution in [2.75, 3.05) is 12.4 Å². The number of hydrazone groups is 1. The van der Waals surface area contributed by atoms with Gasteiger partial charge in [-0.3, -0.25) is 9.59 Å².